The Balaban J connectivity index is 1.95. The lowest BCUT2D eigenvalue weighted by atomic mass is 10.1. The Labute approximate surface area is 164 Å². The average molecular weight is 381 g/mol. The highest BCUT2D eigenvalue weighted by Crippen LogP contribution is 2.48. The highest BCUT2D eigenvalue weighted by Gasteiger charge is 2.29. The predicted octanol–water partition coefficient (Wildman–Crippen LogP) is 5.69. The standard InChI is InChI=1S/C25H20NOP/c1-26-28(19-11-4-2-5-12-19,20-13-6-3-7-14-20)24-18-10-16-22-21-15-8-9-17-23(21)27-25(22)24/h2-18H,1H3. The minimum Gasteiger partial charge on any atom is -0.455 e. The SMILES string of the molecule is CN=P(c1ccccc1)(c1ccccc1)c1cccc2c1oc1ccccc12. The van der Waals surface area contributed by atoms with Crippen LogP contribution in [0.3, 0.4) is 0 Å². The molecule has 0 spiro atoms. The van der Waals surface area contributed by atoms with Gasteiger partial charge in [0.15, 0.2) is 0 Å². The first-order valence-electron chi connectivity index (χ1n) is 9.37. The third kappa shape index (κ3) is 2.46. The van der Waals surface area contributed by atoms with E-state index in [1.54, 1.807) is 0 Å². The van der Waals surface area contributed by atoms with Crippen LogP contribution in [0, 0.1) is 0 Å². The molecule has 0 amide bonds. The van der Waals surface area contributed by atoms with Gasteiger partial charge >= 0.3 is 0 Å². The summed E-state index contributed by atoms with van der Waals surface area (Å²) in [5.74, 6) is 0. The highest BCUT2D eigenvalue weighted by atomic mass is 31.2. The average Bonchev–Trinajstić information content (AvgIpc) is 3.16. The van der Waals surface area contributed by atoms with Gasteiger partial charge in [-0.25, -0.2) is 0 Å². The molecule has 1 heterocycles. The van der Waals surface area contributed by atoms with Gasteiger partial charge in [0.1, 0.15) is 11.2 Å². The molecule has 136 valence electrons. The molecule has 0 fully saturated rings. The topological polar surface area (TPSA) is 25.5 Å². The maximum Gasteiger partial charge on any atom is 0.145 e. The Morgan fingerprint density at radius 3 is 1.82 bits per heavy atom. The first kappa shape index (κ1) is 17.0. The van der Waals surface area contributed by atoms with Crippen molar-refractivity contribution >= 4 is 44.9 Å². The Morgan fingerprint density at radius 2 is 1.18 bits per heavy atom. The minimum absolute atomic E-state index is 0.917. The Hall–Kier alpha value is -3.09. The molecule has 0 saturated carbocycles. The van der Waals surface area contributed by atoms with Gasteiger partial charge in [-0.3, -0.25) is 4.74 Å². The number of furan rings is 1. The minimum atomic E-state index is -2.20. The number of para-hydroxylation sites is 2. The Bertz CT molecular complexity index is 1280. The van der Waals surface area contributed by atoms with E-state index in [0.29, 0.717) is 0 Å². The van der Waals surface area contributed by atoms with Crippen LogP contribution in [-0.4, -0.2) is 7.05 Å². The van der Waals surface area contributed by atoms with E-state index in [2.05, 4.69) is 91.0 Å². The van der Waals surface area contributed by atoms with Gasteiger partial charge in [0.2, 0.25) is 0 Å². The number of hydrogen-bond acceptors (Lipinski definition) is 2. The van der Waals surface area contributed by atoms with E-state index in [9.17, 15) is 0 Å². The molecule has 0 radical (unpaired) electrons. The van der Waals surface area contributed by atoms with E-state index in [1.165, 1.54) is 15.9 Å². The summed E-state index contributed by atoms with van der Waals surface area (Å²) in [7, 11) is -0.264. The Kier molecular flexibility index (Phi) is 4.15. The number of nitrogens with zero attached hydrogens (tertiary/aromatic N) is 1. The van der Waals surface area contributed by atoms with Crippen molar-refractivity contribution < 1.29 is 4.42 Å². The van der Waals surface area contributed by atoms with Crippen molar-refractivity contribution in [2.75, 3.05) is 7.05 Å². The normalized spacial score (nSPS) is 11.8. The molecule has 0 aliphatic carbocycles. The molecule has 1 aromatic heterocycles. The number of fused-ring (bicyclic) bond motifs is 3. The Morgan fingerprint density at radius 1 is 0.607 bits per heavy atom. The van der Waals surface area contributed by atoms with Crippen LogP contribution >= 0.6 is 7.05 Å². The molecule has 0 aliphatic heterocycles. The van der Waals surface area contributed by atoms with Crippen molar-refractivity contribution in [3.8, 4) is 0 Å². The molecular weight excluding hydrogens is 361 g/mol. The molecular formula is C25H20NOP. The quantitative estimate of drug-likeness (QED) is 0.369. The fourth-order valence-corrected chi connectivity index (χ4v) is 7.54. The number of hydrogen-bond donors (Lipinski definition) is 0. The third-order valence-electron chi connectivity index (χ3n) is 5.29. The summed E-state index contributed by atoms with van der Waals surface area (Å²) in [6, 6.07) is 35.9. The van der Waals surface area contributed by atoms with E-state index < -0.39 is 7.05 Å². The summed E-state index contributed by atoms with van der Waals surface area (Å²) < 4.78 is 11.5. The fourth-order valence-electron chi connectivity index (χ4n) is 4.04. The van der Waals surface area contributed by atoms with E-state index in [4.69, 9.17) is 9.16 Å². The molecule has 0 N–H and O–H groups in total. The lowest BCUT2D eigenvalue weighted by Crippen LogP contribution is -2.25. The van der Waals surface area contributed by atoms with Crippen molar-refractivity contribution in [2.45, 2.75) is 0 Å². The van der Waals surface area contributed by atoms with Gasteiger partial charge in [-0.15, -0.1) is 0 Å². The van der Waals surface area contributed by atoms with Crippen molar-refractivity contribution in [1.29, 1.82) is 0 Å². The summed E-state index contributed by atoms with van der Waals surface area (Å²) in [5, 5.41) is 5.93. The van der Waals surface area contributed by atoms with Crippen LogP contribution in [-0.2, 0) is 0 Å². The van der Waals surface area contributed by atoms with Crippen LogP contribution in [0.2, 0.25) is 0 Å². The first-order valence-corrected chi connectivity index (χ1v) is 11.1. The summed E-state index contributed by atoms with van der Waals surface area (Å²) >= 11 is 0. The molecule has 0 atom stereocenters. The number of benzene rings is 4. The van der Waals surface area contributed by atoms with Crippen molar-refractivity contribution in [1.82, 2.24) is 0 Å². The maximum atomic E-state index is 6.40. The largest absolute Gasteiger partial charge is 0.455 e. The van der Waals surface area contributed by atoms with Gasteiger partial charge in [-0.2, -0.15) is 0 Å². The van der Waals surface area contributed by atoms with E-state index in [1.807, 2.05) is 19.2 Å². The zero-order valence-corrected chi connectivity index (χ0v) is 16.5. The lowest BCUT2D eigenvalue weighted by molar-refractivity contribution is 0.671. The first-order chi connectivity index (χ1) is 13.8. The van der Waals surface area contributed by atoms with E-state index in [0.717, 1.165) is 21.9 Å². The summed E-state index contributed by atoms with van der Waals surface area (Å²) in [6.45, 7) is 0. The van der Waals surface area contributed by atoms with E-state index in [-0.39, 0.29) is 0 Å². The summed E-state index contributed by atoms with van der Waals surface area (Å²) in [5.41, 5.74) is 1.86. The van der Waals surface area contributed by atoms with E-state index >= 15 is 0 Å². The molecule has 3 heteroatoms. The second-order valence-corrected chi connectivity index (χ2v) is 9.94. The molecule has 0 bridgehead atoms. The number of rotatable bonds is 3. The van der Waals surface area contributed by atoms with Gasteiger partial charge in [-0.1, -0.05) is 91.0 Å². The summed E-state index contributed by atoms with van der Waals surface area (Å²) in [4.78, 5) is 0. The molecule has 28 heavy (non-hydrogen) atoms. The highest BCUT2D eigenvalue weighted by molar-refractivity contribution is 7.87. The van der Waals surface area contributed by atoms with Crippen LogP contribution in [0.1, 0.15) is 0 Å². The van der Waals surface area contributed by atoms with Crippen LogP contribution < -0.4 is 15.9 Å². The van der Waals surface area contributed by atoms with Gasteiger partial charge in [0.25, 0.3) is 0 Å². The van der Waals surface area contributed by atoms with Crippen molar-refractivity contribution in [2.24, 2.45) is 4.74 Å². The molecule has 0 unspecified atom stereocenters. The zero-order valence-electron chi connectivity index (χ0n) is 15.6. The molecule has 5 rings (SSSR count). The van der Waals surface area contributed by atoms with Crippen LogP contribution in [0.5, 0.6) is 0 Å². The molecule has 5 aromatic rings. The molecule has 0 saturated heterocycles. The fraction of sp³-hybridized carbons (Fsp3) is 0.0400. The van der Waals surface area contributed by atoms with Crippen molar-refractivity contribution in [3.05, 3.63) is 103 Å². The maximum absolute atomic E-state index is 6.40. The van der Waals surface area contributed by atoms with Crippen LogP contribution in [0.15, 0.2) is 112 Å². The zero-order chi connectivity index (χ0) is 19.0. The molecule has 2 nitrogen and oxygen atoms in total. The smallest absolute Gasteiger partial charge is 0.145 e. The van der Waals surface area contributed by atoms with Gasteiger partial charge in [-0.05, 0) is 12.1 Å². The van der Waals surface area contributed by atoms with Crippen LogP contribution in [0.4, 0.5) is 0 Å². The van der Waals surface area contributed by atoms with Crippen LogP contribution in [0.25, 0.3) is 21.9 Å². The van der Waals surface area contributed by atoms with Crippen molar-refractivity contribution in [3.63, 3.8) is 0 Å². The van der Waals surface area contributed by atoms with Gasteiger partial charge in [0.05, 0.1) is 7.05 Å². The molecule has 4 aromatic carbocycles. The lowest BCUT2D eigenvalue weighted by Gasteiger charge is -2.26. The molecule has 0 aliphatic rings. The third-order valence-corrected chi connectivity index (χ3v) is 9.03. The predicted molar refractivity (Wildman–Crippen MR) is 121 cm³/mol. The second kappa shape index (κ2) is 6.82. The van der Waals surface area contributed by atoms with Gasteiger partial charge in [0, 0.05) is 33.7 Å². The second-order valence-electron chi connectivity index (χ2n) is 6.76. The summed E-state index contributed by atoms with van der Waals surface area (Å²) in [6.07, 6.45) is 0. The monoisotopic (exact) mass is 381 g/mol. The van der Waals surface area contributed by atoms with Gasteiger partial charge < -0.3 is 4.42 Å².